The first kappa shape index (κ1) is 11.7. The lowest BCUT2D eigenvalue weighted by Gasteiger charge is -2.07. The van der Waals surface area contributed by atoms with Gasteiger partial charge < -0.3 is 4.98 Å². The van der Waals surface area contributed by atoms with Gasteiger partial charge in [0.05, 0.1) is 5.56 Å². The van der Waals surface area contributed by atoms with Crippen LogP contribution in [-0.4, -0.2) is 19.4 Å². The highest BCUT2D eigenvalue weighted by Crippen LogP contribution is 2.32. The van der Waals surface area contributed by atoms with E-state index in [9.17, 15) is 18.0 Å². The first-order chi connectivity index (χ1) is 8.88. The predicted octanol–water partition coefficient (Wildman–Crippen LogP) is 1.90. The Morgan fingerprint density at radius 3 is 2.68 bits per heavy atom. The minimum absolute atomic E-state index is 0.109. The normalized spacial score (nSPS) is 12.4. The van der Waals surface area contributed by atoms with Crippen LogP contribution in [0.5, 0.6) is 0 Å². The van der Waals surface area contributed by atoms with E-state index in [1.165, 1.54) is 16.7 Å². The van der Waals surface area contributed by atoms with E-state index in [4.69, 9.17) is 0 Å². The topological polar surface area (TPSA) is 63.1 Å². The van der Waals surface area contributed by atoms with Crippen LogP contribution in [0.25, 0.3) is 16.8 Å². The number of aryl methyl sites for hydroxylation is 1. The van der Waals surface area contributed by atoms with Crippen LogP contribution in [0, 0.1) is 6.92 Å². The largest absolute Gasteiger partial charge is 0.419 e. The number of imidazole rings is 1. The summed E-state index contributed by atoms with van der Waals surface area (Å²) in [7, 11) is 0. The monoisotopic (exact) mass is 268 g/mol. The Balaban J connectivity index is 2.54. The van der Waals surface area contributed by atoms with E-state index < -0.39 is 17.3 Å². The summed E-state index contributed by atoms with van der Waals surface area (Å²) in [6.45, 7) is 1.55. The molecule has 0 saturated carbocycles. The predicted molar refractivity (Wildman–Crippen MR) is 60.9 cm³/mol. The maximum atomic E-state index is 12.9. The summed E-state index contributed by atoms with van der Waals surface area (Å²) in [6.07, 6.45) is -3.14. The van der Waals surface area contributed by atoms with E-state index in [2.05, 4.69) is 15.0 Å². The van der Waals surface area contributed by atoms with Gasteiger partial charge in [0.25, 0.3) is 5.56 Å². The molecule has 0 fully saturated rings. The van der Waals surface area contributed by atoms with Gasteiger partial charge in [0.2, 0.25) is 0 Å². The van der Waals surface area contributed by atoms with Crippen molar-refractivity contribution in [1.29, 1.82) is 0 Å². The SMILES string of the molecule is Cc1nc2c(nc3c(C(F)(F)F)cccn32)c(=O)[nH]1. The Kier molecular flexibility index (Phi) is 2.19. The van der Waals surface area contributed by atoms with Crippen LogP contribution in [0.15, 0.2) is 23.1 Å². The lowest BCUT2D eigenvalue weighted by Crippen LogP contribution is -2.09. The average Bonchev–Trinajstić information content (AvgIpc) is 2.66. The van der Waals surface area contributed by atoms with E-state index in [1.807, 2.05) is 0 Å². The van der Waals surface area contributed by atoms with E-state index in [-0.39, 0.29) is 16.8 Å². The molecule has 0 aliphatic heterocycles. The zero-order valence-electron chi connectivity index (χ0n) is 9.62. The Bertz CT molecular complexity index is 847. The molecule has 0 atom stereocenters. The van der Waals surface area contributed by atoms with Gasteiger partial charge in [-0.15, -0.1) is 0 Å². The highest BCUT2D eigenvalue weighted by molar-refractivity contribution is 5.77. The van der Waals surface area contributed by atoms with Crippen LogP contribution < -0.4 is 5.56 Å². The third-order valence-electron chi connectivity index (χ3n) is 2.71. The standard InChI is InChI=1S/C11H7F3N4O/c1-5-15-9-7(10(19)16-5)17-8-6(11(12,13)14)3-2-4-18(8)9/h2-4H,1H3,(H,15,16,19). The summed E-state index contributed by atoms with van der Waals surface area (Å²) in [5, 5.41) is 0. The first-order valence-corrected chi connectivity index (χ1v) is 5.33. The van der Waals surface area contributed by atoms with Crippen molar-refractivity contribution in [2.45, 2.75) is 13.1 Å². The van der Waals surface area contributed by atoms with Gasteiger partial charge in [0.15, 0.2) is 16.8 Å². The van der Waals surface area contributed by atoms with Gasteiger partial charge in [0.1, 0.15) is 5.82 Å². The van der Waals surface area contributed by atoms with E-state index in [0.29, 0.717) is 5.82 Å². The number of pyridine rings is 1. The molecule has 0 aliphatic rings. The molecule has 0 aromatic carbocycles. The fraction of sp³-hybridized carbons (Fsp3) is 0.182. The fourth-order valence-electron chi connectivity index (χ4n) is 1.95. The van der Waals surface area contributed by atoms with Crippen molar-refractivity contribution in [1.82, 2.24) is 19.4 Å². The molecule has 0 aliphatic carbocycles. The average molecular weight is 268 g/mol. The minimum Gasteiger partial charge on any atom is -0.309 e. The zero-order chi connectivity index (χ0) is 13.8. The van der Waals surface area contributed by atoms with Crippen LogP contribution in [0.3, 0.4) is 0 Å². The van der Waals surface area contributed by atoms with Crippen LogP contribution in [0.4, 0.5) is 13.2 Å². The Hall–Kier alpha value is -2.38. The molecular formula is C11H7F3N4O. The Morgan fingerprint density at radius 2 is 2.00 bits per heavy atom. The highest BCUT2D eigenvalue weighted by atomic mass is 19.4. The number of nitrogens with zero attached hydrogens (tertiary/aromatic N) is 3. The molecular weight excluding hydrogens is 261 g/mol. The summed E-state index contributed by atoms with van der Waals surface area (Å²) >= 11 is 0. The van der Waals surface area contributed by atoms with Gasteiger partial charge in [-0.05, 0) is 19.1 Å². The summed E-state index contributed by atoms with van der Waals surface area (Å²) in [6, 6.07) is 2.16. The molecule has 1 N–H and O–H groups in total. The van der Waals surface area contributed by atoms with Crippen molar-refractivity contribution >= 4 is 16.8 Å². The van der Waals surface area contributed by atoms with Gasteiger partial charge in [-0.3, -0.25) is 9.20 Å². The van der Waals surface area contributed by atoms with Gasteiger partial charge >= 0.3 is 6.18 Å². The number of halogens is 3. The second-order valence-corrected chi connectivity index (χ2v) is 4.05. The van der Waals surface area contributed by atoms with Gasteiger partial charge in [-0.1, -0.05) is 0 Å². The van der Waals surface area contributed by atoms with Crippen molar-refractivity contribution < 1.29 is 13.2 Å². The van der Waals surface area contributed by atoms with E-state index in [0.717, 1.165) is 6.07 Å². The molecule has 3 rings (SSSR count). The van der Waals surface area contributed by atoms with Crippen LogP contribution in [0.2, 0.25) is 0 Å². The number of hydrogen-bond acceptors (Lipinski definition) is 3. The molecule has 0 unspecified atom stereocenters. The molecule has 0 radical (unpaired) electrons. The number of H-pyrrole nitrogens is 1. The molecule has 3 heterocycles. The van der Waals surface area contributed by atoms with Gasteiger partial charge in [-0.2, -0.15) is 13.2 Å². The quantitative estimate of drug-likeness (QED) is 0.677. The van der Waals surface area contributed by atoms with E-state index >= 15 is 0 Å². The van der Waals surface area contributed by atoms with Crippen LogP contribution >= 0.6 is 0 Å². The molecule has 5 nitrogen and oxygen atoms in total. The number of hydrogen-bond donors (Lipinski definition) is 1. The maximum Gasteiger partial charge on any atom is 0.419 e. The van der Waals surface area contributed by atoms with Crippen LogP contribution in [0.1, 0.15) is 11.4 Å². The lowest BCUT2D eigenvalue weighted by atomic mass is 10.2. The Labute approximate surface area is 103 Å². The second kappa shape index (κ2) is 3.56. The lowest BCUT2D eigenvalue weighted by molar-refractivity contribution is -0.136. The minimum atomic E-state index is -4.54. The molecule has 0 saturated heterocycles. The summed E-state index contributed by atoms with van der Waals surface area (Å²) < 4.78 is 39.8. The zero-order valence-corrected chi connectivity index (χ0v) is 9.62. The van der Waals surface area contributed by atoms with E-state index in [1.54, 1.807) is 6.92 Å². The van der Waals surface area contributed by atoms with Crippen LogP contribution in [-0.2, 0) is 6.18 Å². The number of aromatic amines is 1. The number of rotatable bonds is 0. The van der Waals surface area contributed by atoms with Crippen molar-refractivity contribution in [3.05, 3.63) is 40.1 Å². The summed E-state index contributed by atoms with van der Waals surface area (Å²) in [4.78, 5) is 21.9. The van der Waals surface area contributed by atoms with Gasteiger partial charge in [0, 0.05) is 6.20 Å². The van der Waals surface area contributed by atoms with Crippen molar-refractivity contribution in [3.8, 4) is 0 Å². The molecule has 0 spiro atoms. The van der Waals surface area contributed by atoms with Gasteiger partial charge in [-0.25, -0.2) is 9.97 Å². The number of alkyl halides is 3. The van der Waals surface area contributed by atoms with Crippen molar-refractivity contribution in [2.75, 3.05) is 0 Å². The Morgan fingerprint density at radius 1 is 1.26 bits per heavy atom. The number of aromatic nitrogens is 4. The second-order valence-electron chi connectivity index (χ2n) is 4.05. The highest BCUT2D eigenvalue weighted by Gasteiger charge is 2.34. The fourth-order valence-corrected chi connectivity index (χ4v) is 1.95. The number of nitrogens with one attached hydrogen (secondary N) is 1. The maximum absolute atomic E-state index is 12.9. The molecule has 3 aromatic rings. The van der Waals surface area contributed by atoms with Crippen molar-refractivity contribution in [2.24, 2.45) is 0 Å². The summed E-state index contributed by atoms with van der Waals surface area (Å²) in [5.74, 6) is 0.316. The molecule has 19 heavy (non-hydrogen) atoms. The first-order valence-electron chi connectivity index (χ1n) is 5.33. The number of fused-ring (bicyclic) bond motifs is 3. The molecule has 3 aromatic heterocycles. The molecule has 0 amide bonds. The smallest absolute Gasteiger partial charge is 0.309 e. The molecule has 98 valence electrons. The third-order valence-corrected chi connectivity index (χ3v) is 2.71. The molecule has 8 heteroatoms. The summed E-state index contributed by atoms with van der Waals surface area (Å²) in [5.41, 5.74) is -1.78. The third kappa shape index (κ3) is 1.67. The molecule has 0 bridgehead atoms. The van der Waals surface area contributed by atoms with Crippen molar-refractivity contribution in [3.63, 3.8) is 0 Å².